The predicted molar refractivity (Wildman–Crippen MR) is 50.3 cm³/mol. The van der Waals surface area contributed by atoms with Gasteiger partial charge in [-0.1, -0.05) is 32.0 Å². The van der Waals surface area contributed by atoms with Crippen molar-refractivity contribution in [1.82, 2.24) is 0 Å². The molecule has 1 aromatic carbocycles. The molecule has 0 saturated carbocycles. The first kappa shape index (κ1) is 11.0. The van der Waals surface area contributed by atoms with Crippen molar-refractivity contribution < 1.29 is 9.47 Å². The van der Waals surface area contributed by atoms with Gasteiger partial charge >= 0.3 is 0 Å². The zero-order valence-corrected chi connectivity index (χ0v) is 7.91. The summed E-state index contributed by atoms with van der Waals surface area (Å²) in [5.41, 5.74) is 0. The van der Waals surface area contributed by atoms with E-state index in [2.05, 4.69) is 0 Å². The molecule has 2 nitrogen and oxygen atoms in total. The van der Waals surface area contributed by atoms with E-state index >= 15 is 0 Å². The summed E-state index contributed by atoms with van der Waals surface area (Å²) < 4.78 is 9.86. The quantitative estimate of drug-likeness (QED) is 0.646. The van der Waals surface area contributed by atoms with Gasteiger partial charge in [-0.05, 0) is 12.1 Å². The monoisotopic (exact) mass is 168 g/mol. The number of benzene rings is 1. The fraction of sp³-hybridized carbons (Fsp3) is 0.400. The minimum Gasteiger partial charge on any atom is -0.468 e. The molecule has 0 fully saturated rings. The molecule has 0 N–H and O–H groups in total. The summed E-state index contributed by atoms with van der Waals surface area (Å²) in [7, 11) is 1.60. The topological polar surface area (TPSA) is 18.5 Å². The lowest BCUT2D eigenvalue weighted by Gasteiger charge is -2.01. The lowest BCUT2D eigenvalue weighted by molar-refractivity contribution is 0.0511. The summed E-state index contributed by atoms with van der Waals surface area (Å²) in [5, 5.41) is 0. The Morgan fingerprint density at radius 1 is 1.08 bits per heavy atom. The molecule has 0 heterocycles. The summed E-state index contributed by atoms with van der Waals surface area (Å²) in [5.74, 6) is 0.837. The van der Waals surface area contributed by atoms with Gasteiger partial charge in [0.1, 0.15) is 5.75 Å². The van der Waals surface area contributed by atoms with Crippen LogP contribution in [0.4, 0.5) is 0 Å². The van der Waals surface area contributed by atoms with E-state index in [4.69, 9.17) is 9.47 Å². The fourth-order valence-corrected chi connectivity index (χ4v) is 0.644. The van der Waals surface area contributed by atoms with E-state index < -0.39 is 0 Å². The molecular weight excluding hydrogens is 152 g/mol. The van der Waals surface area contributed by atoms with E-state index in [0.29, 0.717) is 6.79 Å². The number of methoxy groups -OCH3 is 1. The number of ether oxygens (including phenoxy) is 2. The molecule has 68 valence electrons. The highest BCUT2D eigenvalue weighted by Gasteiger charge is 1.86. The van der Waals surface area contributed by atoms with Crippen LogP contribution in [0, 0.1) is 0 Å². The highest BCUT2D eigenvalue weighted by atomic mass is 16.7. The Balaban J connectivity index is 0.000000561. The molecule has 0 atom stereocenters. The minimum atomic E-state index is 0.310. The van der Waals surface area contributed by atoms with Gasteiger partial charge in [0.15, 0.2) is 6.79 Å². The van der Waals surface area contributed by atoms with Crippen LogP contribution in [0.2, 0.25) is 0 Å². The first-order valence-corrected chi connectivity index (χ1v) is 4.10. The van der Waals surface area contributed by atoms with Crippen molar-refractivity contribution in [1.29, 1.82) is 0 Å². The van der Waals surface area contributed by atoms with Gasteiger partial charge in [0.05, 0.1) is 0 Å². The van der Waals surface area contributed by atoms with Crippen LogP contribution in [0.15, 0.2) is 30.3 Å². The molecule has 0 aliphatic heterocycles. The van der Waals surface area contributed by atoms with Crippen molar-refractivity contribution in [2.24, 2.45) is 0 Å². The van der Waals surface area contributed by atoms with Crippen molar-refractivity contribution in [2.45, 2.75) is 13.8 Å². The minimum absolute atomic E-state index is 0.310. The maximum absolute atomic E-state index is 5.13. The van der Waals surface area contributed by atoms with E-state index in [1.54, 1.807) is 7.11 Å². The molecule has 0 saturated heterocycles. The third-order valence-corrected chi connectivity index (χ3v) is 1.09. The first-order chi connectivity index (χ1) is 5.93. The molecule has 2 heteroatoms. The van der Waals surface area contributed by atoms with Crippen molar-refractivity contribution in [3.05, 3.63) is 30.3 Å². The van der Waals surface area contributed by atoms with Crippen LogP contribution < -0.4 is 4.74 Å². The van der Waals surface area contributed by atoms with Gasteiger partial charge in [-0.15, -0.1) is 0 Å². The smallest absolute Gasteiger partial charge is 0.188 e. The molecule has 12 heavy (non-hydrogen) atoms. The molecule has 0 bridgehead atoms. The SMILES string of the molecule is CC.COCOc1ccccc1. The Labute approximate surface area is 74.1 Å². The van der Waals surface area contributed by atoms with Crippen LogP contribution in [0.1, 0.15) is 13.8 Å². The molecular formula is C10H16O2. The highest BCUT2D eigenvalue weighted by Crippen LogP contribution is 2.07. The summed E-state index contributed by atoms with van der Waals surface area (Å²) in [6, 6.07) is 9.56. The van der Waals surface area contributed by atoms with Gasteiger partial charge in [0.25, 0.3) is 0 Å². The Hall–Kier alpha value is -1.02. The Bertz CT molecular complexity index is 172. The number of para-hydroxylation sites is 1. The molecule has 0 aliphatic rings. The zero-order chi connectivity index (χ0) is 9.23. The molecule has 1 aromatic rings. The third-order valence-electron chi connectivity index (χ3n) is 1.09. The number of hydrogen-bond acceptors (Lipinski definition) is 2. The van der Waals surface area contributed by atoms with Gasteiger partial charge in [0, 0.05) is 7.11 Å². The van der Waals surface area contributed by atoms with Gasteiger partial charge in [0.2, 0.25) is 0 Å². The summed E-state index contributed by atoms with van der Waals surface area (Å²) >= 11 is 0. The molecule has 0 unspecified atom stereocenters. The summed E-state index contributed by atoms with van der Waals surface area (Å²) in [4.78, 5) is 0. The van der Waals surface area contributed by atoms with Crippen molar-refractivity contribution in [2.75, 3.05) is 13.9 Å². The number of hydrogen-bond donors (Lipinski definition) is 0. The molecule has 0 aromatic heterocycles. The van der Waals surface area contributed by atoms with E-state index in [1.807, 2.05) is 44.2 Å². The predicted octanol–water partition coefficient (Wildman–Crippen LogP) is 2.70. The average molecular weight is 168 g/mol. The van der Waals surface area contributed by atoms with Crippen LogP contribution in [-0.4, -0.2) is 13.9 Å². The van der Waals surface area contributed by atoms with Crippen LogP contribution in [0.5, 0.6) is 5.75 Å². The lowest BCUT2D eigenvalue weighted by Crippen LogP contribution is -1.97. The van der Waals surface area contributed by atoms with E-state index in [1.165, 1.54) is 0 Å². The largest absolute Gasteiger partial charge is 0.468 e. The van der Waals surface area contributed by atoms with Crippen molar-refractivity contribution in [3.8, 4) is 5.75 Å². The number of rotatable bonds is 3. The molecule has 1 rings (SSSR count). The van der Waals surface area contributed by atoms with E-state index in [-0.39, 0.29) is 0 Å². The first-order valence-electron chi connectivity index (χ1n) is 4.10. The average Bonchev–Trinajstić information content (AvgIpc) is 2.19. The maximum Gasteiger partial charge on any atom is 0.188 e. The maximum atomic E-state index is 5.13. The van der Waals surface area contributed by atoms with Crippen LogP contribution >= 0.6 is 0 Å². The van der Waals surface area contributed by atoms with Gasteiger partial charge in [-0.25, -0.2) is 0 Å². The fourth-order valence-electron chi connectivity index (χ4n) is 0.644. The zero-order valence-electron chi connectivity index (χ0n) is 7.91. The third kappa shape index (κ3) is 4.74. The van der Waals surface area contributed by atoms with Crippen LogP contribution in [0.25, 0.3) is 0 Å². The van der Waals surface area contributed by atoms with Gasteiger partial charge < -0.3 is 9.47 Å². The summed E-state index contributed by atoms with van der Waals surface area (Å²) in [6.45, 7) is 4.31. The summed E-state index contributed by atoms with van der Waals surface area (Å²) in [6.07, 6.45) is 0. The molecule has 0 radical (unpaired) electrons. The normalized spacial score (nSPS) is 8.25. The molecule has 0 amide bonds. The Morgan fingerprint density at radius 2 is 1.67 bits per heavy atom. The highest BCUT2D eigenvalue weighted by molar-refractivity contribution is 5.20. The van der Waals surface area contributed by atoms with Crippen LogP contribution in [0.3, 0.4) is 0 Å². The van der Waals surface area contributed by atoms with Crippen molar-refractivity contribution >= 4 is 0 Å². The van der Waals surface area contributed by atoms with Crippen LogP contribution in [-0.2, 0) is 4.74 Å². The molecule has 0 spiro atoms. The second-order valence-electron chi connectivity index (χ2n) is 1.86. The van der Waals surface area contributed by atoms with Gasteiger partial charge in [-0.3, -0.25) is 0 Å². The second kappa shape index (κ2) is 8.08. The second-order valence-corrected chi connectivity index (χ2v) is 1.86. The molecule has 0 aliphatic carbocycles. The van der Waals surface area contributed by atoms with Crippen molar-refractivity contribution in [3.63, 3.8) is 0 Å². The Kier molecular flexibility index (Phi) is 7.39. The van der Waals surface area contributed by atoms with E-state index in [9.17, 15) is 0 Å². The standard InChI is InChI=1S/C8H10O2.C2H6/c1-9-7-10-8-5-3-2-4-6-8;1-2/h2-6H,7H2,1H3;1-2H3. The lowest BCUT2D eigenvalue weighted by atomic mass is 10.3. The van der Waals surface area contributed by atoms with E-state index in [0.717, 1.165) is 5.75 Å². The van der Waals surface area contributed by atoms with Gasteiger partial charge in [-0.2, -0.15) is 0 Å². The Morgan fingerprint density at radius 3 is 2.17 bits per heavy atom.